The van der Waals surface area contributed by atoms with Crippen molar-refractivity contribution >= 4 is 17.5 Å². The molecule has 3 heterocycles. The van der Waals surface area contributed by atoms with Crippen molar-refractivity contribution in [2.45, 2.75) is 37.8 Å². The fourth-order valence-electron chi connectivity index (χ4n) is 3.70. The van der Waals surface area contributed by atoms with Gasteiger partial charge in [-0.1, -0.05) is 0 Å². The first-order valence-corrected chi connectivity index (χ1v) is 9.74. The zero-order chi connectivity index (χ0) is 19.8. The van der Waals surface area contributed by atoms with Crippen LogP contribution in [0.2, 0.25) is 0 Å². The molecule has 3 aromatic rings. The maximum Gasteiger partial charge on any atom is 0.290 e. The van der Waals surface area contributed by atoms with Crippen LogP contribution < -0.4 is 5.32 Å². The van der Waals surface area contributed by atoms with E-state index in [9.17, 15) is 9.59 Å². The quantitative estimate of drug-likeness (QED) is 0.715. The molecule has 1 aliphatic heterocycles. The summed E-state index contributed by atoms with van der Waals surface area (Å²) in [5, 5.41) is 14.9. The monoisotopic (exact) mass is 392 g/mol. The molecule has 0 bridgehead atoms. The minimum Gasteiger partial charge on any atom is -0.459 e. The van der Waals surface area contributed by atoms with Crippen molar-refractivity contribution in [1.29, 1.82) is 0 Å². The summed E-state index contributed by atoms with van der Waals surface area (Å²) in [4.78, 5) is 26.9. The lowest BCUT2D eigenvalue weighted by molar-refractivity contribution is -0.119. The number of nitrogens with zero attached hydrogens (tertiary/aromatic N) is 5. The Kier molecular flexibility index (Phi) is 4.34. The molecule has 2 aromatic heterocycles. The third-order valence-electron chi connectivity index (χ3n) is 5.34. The van der Waals surface area contributed by atoms with Crippen molar-refractivity contribution in [2.24, 2.45) is 0 Å². The Labute approximate surface area is 166 Å². The third-order valence-corrected chi connectivity index (χ3v) is 5.34. The van der Waals surface area contributed by atoms with Gasteiger partial charge in [0.2, 0.25) is 5.91 Å². The van der Waals surface area contributed by atoms with Crippen molar-refractivity contribution in [3.63, 3.8) is 0 Å². The molecule has 1 saturated heterocycles. The number of aromatic nitrogens is 4. The fourth-order valence-corrected chi connectivity index (χ4v) is 3.70. The van der Waals surface area contributed by atoms with Crippen LogP contribution in [0.15, 0.2) is 47.1 Å². The lowest BCUT2D eigenvalue weighted by Gasteiger charge is -2.23. The summed E-state index contributed by atoms with van der Waals surface area (Å²) in [6, 6.07) is 10.6. The Morgan fingerprint density at radius 1 is 1.10 bits per heavy atom. The smallest absolute Gasteiger partial charge is 0.290 e. The van der Waals surface area contributed by atoms with Crippen LogP contribution in [0.4, 0.5) is 5.69 Å². The molecule has 0 spiro atoms. The normalized spacial score (nSPS) is 18.8. The molecule has 1 aliphatic carbocycles. The van der Waals surface area contributed by atoms with Crippen molar-refractivity contribution in [3.8, 4) is 11.4 Å². The number of anilines is 1. The van der Waals surface area contributed by atoms with Gasteiger partial charge >= 0.3 is 0 Å². The second kappa shape index (κ2) is 7.16. The number of amides is 2. The Morgan fingerprint density at radius 2 is 1.93 bits per heavy atom. The van der Waals surface area contributed by atoms with Gasteiger partial charge in [0.25, 0.3) is 5.91 Å². The molecule has 2 fully saturated rings. The predicted octanol–water partition coefficient (Wildman–Crippen LogP) is 2.51. The second-order valence-corrected chi connectivity index (χ2v) is 7.38. The van der Waals surface area contributed by atoms with E-state index in [0.717, 1.165) is 30.7 Å². The highest BCUT2D eigenvalue weighted by atomic mass is 16.3. The van der Waals surface area contributed by atoms with Gasteiger partial charge in [0.05, 0.1) is 12.3 Å². The molecule has 1 N–H and O–H groups in total. The van der Waals surface area contributed by atoms with Crippen molar-refractivity contribution < 1.29 is 14.0 Å². The van der Waals surface area contributed by atoms with Gasteiger partial charge in [-0.05, 0) is 72.5 Å². The van der Waals surface area contributed by atoms with Gasteiger partial charge in [-0.2, -0.15) is 0 Å². The van der Waals surface area contributed by atoms with Crippen LogP contribution in [0.5, 0.6) is 0 Å². The molecule has 1 aromatic carbocycles. The molecule has 1 atom stereocenters. The number of benzene rings is 1. The lowest BCUT2D eigenvalue weighted by Crippen LogP contribution is -2.43. The number of rotatable bonds is 5. The number of tetrazole rings is 1. The number of furan rings is 1. The fraction of sp³-hybridized carbons (Fsp3) is 0.350. The average Bonchev–Trinajstić information content (AvgIpc) is 3.19. The van der Waals surface area contributed by atoms with Gasteiger partial charge in [0, 0.05) is 17.8 Å². The van der Waals surface area contributed by atoms with E-state index >= 15 is 0 Å². The summed E-state index contributed by atoms with van der Waals surface area (Å²) >= 11 is 0. The van der Waals surface area contributed by atoms with Gasteiger partial charge in [0.15, 0.2) is 11.6 Å². The van der Waals surface area contributed by atoms with E-state index in [2.05, 4.69) is 20.8 Å². The zero-order valence-corrected chi connectivity index (χ0v) is 15.7. The van der Waals surface area contributed by atoms with Crippen LogP contribution in [0.1, 0.15) is 42.3 Å². The maximum atomic E-state index is 12.8. The van der Waals surface area contributed by atoms with Gasteiger partial charge in [-0.3, -0.25) is 9.59 Å². The average molecular weight is 392 g/mol. The summed E-state index contributed by atoms with van der Waals surface area (Å²) in [7, 11) is 0. The van der Waals surface area contributed by atoms with Gasteiger partial charge in [-0.15, -0.1) is 5.10 Å². The largest absolute Gasteiger partial charge is 0.459 e. The Hall–Kier alpha value is -3.49. The Morgan fingerprint density at radius 3 is 2.66 bits per heavy atom. The number of likely N-dealkylation sites (tertiary alicyclic amines) is 1. The van der Waals surface area contributed by atoms with Crippen LogP contribution in [0, 0.1) is 0 Å². The van der Waals surface area contributed by atoms with Crippen LogP contribution in [-0.4, -0.2) is 49.5 Å². The van der Waals surface area contributed by atoms with Crippen molar-refractivity contribution in [1.82, 2.24) is 25.1 Å². The highest BCUT2D eigenvalue weighted by molar-refractivity contribution is 6.00. The number of hydrogen-bond donors (Lipinski definition) is 1. The summed E-state index contributed by atoms with van der Waals surface area (Å²) < 4.78 is 7.04. The lowest BCUT2D eigenvalue weighted by atomic mass is 10.1. The van der Waals surface area contributed by atoms with E-state index in [-0.39, 0.29) is 17.6 Å². The van der Waals surface area contributed by atoms with E-state index in [4.69, 9.17) is 4.42 Å². The summed E-state index contributed by atoms with van der Waals surface area (Å²) in [5.41, 5.74) is 1.57. The number of nitrogens with one attached hydrogen (secondary N) is 1. The molecule has 0 radical (unpaired) electrons. The van der Waals surface area contributed by atoms with E-state index in [1.54, 1.807) is 17.0 Å². The van der Waals surface area contributed by atoms with Crippen LogP contribution in [-0.2, 0) is 4.79 Å². The number of hydrogen-bond acceptors (Lipinski definition) is 6. The highest BCUT2D eigenvalue weighted by Crippen LogP contribution is 2.36. The van der Waals surface area contributed by atoms with Crippen molar-refractivity contribution in [3.05, 3.63) is 48.4 Å². The first kappa shape index (κ1) is 17.6. The highest BCUT2D eigenvalue weighted by Gasteiger charge is 2.35. The molecular weight excluding hydrogens is 372 g/mol. The standard InChI is InChI=1S/C20H20N6O3/c27-19(16-3-1-11-25(16)20(28)17-4-2-12-29-17)21-14-7-5-13(6-8-14)18-22-23-24-26(18)15-9-10-15/h2,4-8,12,15-16H,1,3,9-11H2,(H,21,27)/t16-/m0/s1. The predicted molar refractivity (Wildman–Crippen MR) is 103 cm³/mol. The minimum atomic E-state index is -0.505. The van der Waals surface area contributed by atoms with Crippen LogP contribution in [0.3, 0.4) is 0 Å². The van der Waals surface area contributed by atoms with E-state index in [1.165, 1.54) is 6.26 Å². The SMILES string of the molecule is O=C(Nc1ccc(-c2nnnn2C2CC2)cc1)[C@@H]1CCCN1C(=O)c1ccco1. The molecular formula is C20H20N6O3. The molecule has 29 heavy (non-hydrogen) atoms. The molecule has 2 aliphatic rings. The van der Waals surface area contributed by atoms with Gasteiger partial charge in [-0.25, -0.2) is 4.68 Å². The summed E-state index contributed by atoms with van der Waals surface area (Å²) in [6.45, 7) is 0.542. The summed E-state index contributed by atoms with van der Waals surface area (Å²) in [5.74, 6) is 0.534. The Bertz CT molecular complexity index is 1020. The molecule has 1 saturated carbocycles. The van der Waals surface area contributed by atoms with E-state index in [0.29, 0.717) is 24.7 Å². The first-order chi connectivity index (χ1) is 14.2. The van der Waals surface area contributed by atoms with Gasteiger partial charge < -0.3 is 14.6 Å². The van der Waals surface area contributed by atoms with Gasteiger partial charge in [0.1, 0.15) is 6.04 Å². The molecule has 9 heteroatoms. The van der Waals surface area contributed by atoms with E-state index in [1.807, 2.05) is 28.9 Å². The topological polar surface area (TPSA) is 106 Å². The number of carbonyl (C=O) groups is 2. The second-order valence-electron chi connectivity index (χ2n) is 7.38. The molecule has 0 unspecified atom stereocenters. The van der Waals surface area contributed by atoms with Crippen molar-refractivity contribution in [2.75, 3.05) is 11.9 Å². The number of carbonyl (C=O) groups excluding carboxylic acids is 2. The van der Waals surface area contributed by atoms with Crippen LogP contribution in [0.25, 0.3) is 11.4 Å². The molecule has 2 amide bonds. The van der Waals surface area contributed by atoms with E-state index < -0.39 is 6.04 Å². The first-order valence-electron chi connectivity index (χ1n) is 9.74. The molecule has 9 nitrogen and oxygen atoms in total. The molecule has 5 rings (SSSR count). The van der Waals surface area contributed by atoms with Crippen LogP contribution >= 0.6 is 0 Å². The Balaban J connectivity index is 1.28. The minimum absolute atomic E-state index is 0.196. The maximum absolute atomic E-state index is 12.8. The molecule has 148 valence electrons. The summed E-state index contributed by atoms with van der Waals surface area (Å²) in [6.07, 6.45) is 5.07. The zero-order valence-electron chi connectivity index (χ0n) is 15.7. The third kappa shape index (κ3) is 3.39.